The molecule has 1 heterocycles. The first-order chi connectivity index (χ1) is 6.47. The van der Waals surface area contributed by atoms with E-state index in [4.69, 9.17) is 0 Å². The molecule has 1 N–H and O–H groups in total. The van der Waals surface area contributed by atoms with Gasteiger partial charge >= 0.3 is 0 Å². The molecule has 0 saturated carbocycles. The van der Waals surface area contributed by atoms with Gasteiger partial charge in [-0.2, -0.15) is 5.10 Å². The van der Waals surface area contributed by atoms with E-state index in [0.717, 1.165) is 18.5 Å². The van der Waals surface area contributed by atoms with Crippen LogP contribution in [0.15, 0.2) is 12.4 Å². The Morgan fingerprint density at radius 2 is 2.00 bits per heavy atom. The van der Waals surface area contributed by atoms with Crippen molar-refractivity contribution in [2.75, 3.05) is 0 Å². The molecule has 3 nitrogen and oxygen atoms in total. The van der Waals surface area contributed by atoms with E-state index in [1.807, 2.05) is 51.7 Å². The van der Waals surface area contributed by atoms with Crippen LogP contribution in [0.1, 0.15) is 39.7 Å². The van der Waals surface area contributed by atoms with Crippen LogP contribution in [0.2, 0.25) is 0 Å². The van der Waals surface area contributed by atoms with Crippen LogP contribution < -0.4 is 0 Å². The van der Waals surface area contributed by atoms with E-state index in [1.54, 1.807) is 0 Å². The van der Waals surface area contributed by atoms with Gasteiger partial charge in [-0.3, -0.25) is 4.68 Å². The van der Waals surface area contributed by atoms with Crippen molar-refractivity contribution in [3.8, 4) is 0 Å². The second-order valence-electron chi connectivity index (χ2n) is 3.84. The van der Waals surface area contributed by atoms with Crippen LogP contribution in [-0.4, -0.2) is 20.5 Å². The molecule has 3 heteroatoms. The number of rotatable bonds is 3. The maximum atomic E-state index is 9.44. The molecular formula is C11H22N2O. The quantitative estimate of drug-likeness (QED) is 0.809. The van der Waals surface area contributed by atoms with E-state index < -0.39 is 5.60 Å². The molecule has 0 aliphatic carbocycles. The zero-order valence-corrected chi connectivity index (χ0v) is 9.91. The molecule has 0 atom stereocenters. The molecule has 14 heavy (non-hydrogen) atoms. The van der Waals surface area contributed by atoms with Crippen molar-refractivity contribution >= 4 is 0 Å². The Kier molecular flexibility index (Phi) is 5.46. The first-order valence-electron chi connectivity index (χ1n) is 5.19. The van der Waals surface area contributed by atoms with E-state index in [1.165, 1.54) is 0 Å². The Bertz CT molecular complexity index is 248. The molecule has 0 fully saturated rings. The Morgan fingerprint density at radius 1 is 1.43 bits per heavy atom. The average Bonchev–Trinajstić information content (AvgIpc) is 2.50. The SMILES string of the molecule is CC.Cc1cnn(CCC(C)(C)O)c1. The lowest BCUT2D eigenvalue weighted by atomic mass is 10.1. The summed E-state index contributed by atoms with van der Waals surface area (Å²) < 4.78 is 1.85. The van der Waals surface area contributed by atoms with Gasteiger partial charge in [-0.05, 0) is 32.8 Å². The summed E-state index contributed by atoms with van der Waals surface area (Å²) in [6.07, 6.45) is 4.53. The molecule has 0 amide bonds. The highest BCUT2D eigenvalue weighted by molar-refractivity contribution is 4.99. The molecular weight excluding hydrogens is 176 g/mol. The predicted octanol–water partition coefficient (Wildman–Crippen LogP) is 2.38. The van der Waals surface area contributed by atoms with Gasteiger partial charge in [0.05, 0.1) is 11.8 Å². The molecule has 1 aromatic heterocycles. The predicted molar refractivity (Wildman–Crippen MR) is 59.2 cm³/mol. The second-order valence-corrected chi connectivity index (χ2v) is 3.84. The van der Waals surface area contributed by atoms with Gasteiger partial charge in [0.25, 0.3) is 0 Å². The third-order valence-corrected chi connectivity index (χ3v) is 1.72. The Hall–Kier alpha value is -0.830. The number of nitrogens with zero attached hydrogens (tertiary/aromatic N) is 2. The van der Waals surface area contributed by atoms with Crippen molar-refractivity contribution in [3.05, 3.63) is 18.0 Å². The molecule has 0 bridgehead atoms. The maximum Gasteiger partial charge on any atom is 0.0609 e. The molecule has 0 saturated heterocycles. The van der Waals surface area contributed by atoms with Gasteiger partial charge in [0, 0.05) is 12.7 Å². The summed E-state index contributed by atoms with van der Waals surface area (Å²) in [4.78, 5) is 0. The minimum absolute atomic E-state index is 0.597. The Balaban J connectivity index is 0.000000791. The van der Waals surface area contributed by atoms with Crippen LogP contribution in [0, 0.1) is 6.92 Å². The lowest BCUT2D eigenvalue weighted by molar-refractivity contribution is 0.0651. The number of hydrogen-bond acceptors (Lipinski definition) is 2. The lowest BCUT2D eigenvalue weighted by Gasteiger charge is -2.16. The Morgan fingerprint density at radius 3 is 2.36 bits per heavy atom. The summed E-state index contributed by atoms with van der Waals surface area (Å²) in [5.41, 5.74) is 0.561. The Labute approximate surface area is 86.8 Å². The second kappa shape index (κ2) is 5.81. The zero-order chi connectivity index (χ0) is 11.2. The van der Waals surface area contributed by atoms with Gasteiger partial charge < -0.3 is 5.11 Å². The van der Waals surface area contributed by atoms with Gasteiger partial charge in [0.15, 0.2) is 0 Å². The minimum Gasteiger partial charge on any atom is -0.390 e. The molecule has 82 valence electrons. The molecule has 1 rings (SSSR count). The van der Waals surface area contributed by atoms with Crippen LogP contribution in [0.3, 0.4) is 0 Å². The summed E-state index contributed by atoms with van der Waals surface area (Å²) in [6, 6.07) is 0. The highest BCUT2D eigenvalue weighted by Crippen LogP contribution is 2.08. The van der Waals surface area contributed by atoms with E-state index in [9.17, 15) is 5.11 Å². The van der Waals surface area contributed by atoms with Crippen LogP contribution in [0.25, 0.3) is 0 Å². The van der Waals surface area contributed by atoms with E-state index in [2.05, 4.69) is 5.10 Å². The highest BCUT2D eigenvalue weighted by atomic mass is 16.3. The molecule has 0 aliphatic heterocycles. The van der Waals surface area contributed by atoms with Gasteiger partial charge in [-0.1, -0.05) is 13.8 Å². The van der Waals surface area contributed by atoms with Crippen LogP contribution in [0.5, 0.6) is 0 Å². The van der Waals surface area contributed by atoms with Gasteiger partial charge in [-0.15, -0.1) is 0 Å². The third kappa shape index (κ3) is 5.75. The number of aliphatic hydroxyl groups is 1. The fourth-order valence-electron chi connectivity index (χ4n) is 0.977. The molecule has 0 aromatic carbocycles. The standard InChI is InChI=1S/C9H16N2O.C2H6/c1-8-6-10-11(7-8)5-4-9(2,3)12;1-2/h6-7,12H,4-5H2,1-3H3;1-2H3. The van der Waals surface area contributed by atoms with E-state index >= 15 is 0 Å². The van der Waals surface area contributed by atoms with Gasteiger partial charge in [0.2, 0.25) is 0 Å². The summed E-state index contributed by atoms with van der Waals surface area (Å²) in [5, 5.41) is 13.6. The normalized spacial score (nSPS) is 10.7. The van der Waals surface area contributed by atoms with Crippen molar-refractivity contribution in [3.63, 3.8) is 0 Å². The molecule has 0 spiro atoms. The highest BCUT2D eigenvalue weighted by Gasteiger charge is 2.11. The van der Waals surface area contributed by atoms with E-state index in [-0.39, 0.29) is 0 Å². The van der Waals surface area contributed by atoms with Crippen molar-refractivity contribution in [2.45, 2.75) is 53.2 Å². The number of hydrogen-bond donors (Lipinski definition) is 1. The maximum absolute atomic E-state index is 9.44. The largest absolute Gasteiger partial charge is 0.390 e. The van der Waals surface area contributed by atoms with Gasteiger partial charge in [-0.25, -0.2) is 0 Å². The van der Waals surface area contributed by atoms with Crippen molar-refractivity contribution in [2.24, 2.45) is 0 Å². The van der Waals surface area contributed by atoms with Crippen LogP contribution in [0.4, 0.5) is 0 Å². The molecule has 0 aliphatic rings. The van der Waals surface area contributed by atoms with Crippen molar-refractivity contribution < 1.29 is 5.11 Å². The monoisotopic (exact) mass is 198 g/mol. The fourth-order valence-corrected chi connectivity index (χ4v) is 0.977. The van der Waals surface area contributed by atoms with Crippen molar-refractivity contribution in [1.29, 1.82) is 0 Å². The minimum atomic E-state index is -0.597. The summed E-state index contributed by atoms with van der Waals surface area (Å²) in [6.45, 7) is 10.4. The zero-order valence-electron chi connectivity index (χ0n) is 9.91. The average molecular weight is 198 g/mol. The molecule has 0 radical (unpaired) electrons. The third-order valence-electron chi connectivity index (χ3n) is 1.72. The smallest absolute Gasteiger partial charge is 0.0609 e. The first kappa shape index (κ1) is 13.2. The van der Waals surface area contributed by atoms with Crippen molar-refractivity contribution in [1.82, 2.24) is 9.78 Å². The summed E-state index contributed by atoms with van der Waals surface area (Å²) >= 11 is 0. The van der Waals surface area contributed by atoms with Crippen LogP contribution in [-0.2, 0) is 6.54 Å². The summed E-state index contributed by atoms with van der Waals surface area (Å²) in [5.74, 6) is 0. The van der Waals surface area contributed by atoms with Crippen LogP contribution >= 0.6 is 0 Å². The topological polar surface area (TPSA) is 38.0 Å². The number of aryl methyl sites for hydroxylation is 2. The van der Waals surface area contributed by atoms with Gasteiger partial charge in [0.1, 0.15) is 0 Å². The van der Waals surface area contributed by atoms with E-state index in [0.29, 0.717) is 0 Å². The molecule has 1 aromatic rings. The molecule has 0 unspecified atom stereocenters. The lowest BCUT2D eigenvalue weighted by Crippen LogP contribution is -2.21. The number of aromatic nitrogens is 2. The fraction of sp³-hybridized carbons (Fsp3) is 0.727. The summed E-state index contributed by atoms with van der Waals surface area (Å²) in [7, 11) is 0. The first-order valence-corrected chi connectivity index (χ1v) is 5.19.